The molecule has 1 aromatic heterocycles. The van der Waals surface area contributed by atoms with Crippen LogP contribution in [0.15, 0.2) is 33.6 Å². The number of nitriles is 1. The molecule has 0 amide bonds. The molecule has 4 rings (SSSR count). The highest BCUT2D eigenvalue weighted by molar-refractivity contribution is 7.89. The molecule has 1 aromatic carbocycles. The summed E-state index contributed by atoms with van der Waals surface area (Å²) < 4.78 is 38.5. The lowest BCUT2D eigenvalue weighted by Gasteiger charge is -2.34. The van der Waals surface area contributed by atoms with Crippen LogP contribution in [0.2, 0.25) is 0 Å². The van der Waals surface area contributed by atoms with Gasteiger partial charge in [-0.05, 0) is 51.0 Å². The van der Waals surface area contributed by atoms with Gasteiger partial charge in [-0.1, -0.05) is 0 Å². The smallest absolute Gasteiger partial charge is 0.243 e. The largest absolute Gasteiger partial charge is 0.419 e. The first kappa shape index (κ1) is 19.9. The van der Waals surface area contributed by atoms with Crippen molar-refractivity contribution in [3.05, 3.63) is 30.0 Å². The average Bonchev–Trinajstić information content (AvgIpc) is 3.37. The van der Waals surface area contributed by atoms with E-state index >= 15 is 0 Å². The van der Waals surface area contributed by atoms with E-state index in [1.807, 2.05) is 18.7 Å². The Hall–Kier alpha value is -2.41. The molecule has 0 saturated carbocycles. The number of ether oxygens (including phenoxy) is 1. The summed E-state index contributed by atoms with van der Waals surface area (Å²) >= 11 is 0. The number of aromatic nitrogens is 1. The van der Waals surface area contributed by atoms with E-state index in [4.69, 9.17) is 9.15 Å². The Labute approximate surface area is 170 Å². The first-order valence-corrected chi connectivity index (χ1v) is 11.2. The summed E-state index contributed by atoms with van der Waals surface area (Å²) in [6, 6.07) is 8.57. The zero-order valence-corrected chi connectivity index (χ0v) is 17.4. The van der Waals surface area contributed by atoms with E-state index in [2.05, 4.69) is 11.1 Å². The Morgan fingerprint density at radius 3 is 2.31 bits per heavy atom. The third kappa shape index (κ3) is 3.88. The molecule has 2 atom stereocenters. The summed E-state index contributed by atoms with van der Waals surface area (Å²) in [6.07, 6.45) is 1.83. The fraction of sp³-hybridized carbons (Fsp3) is 0.500. The third-order valence-corrected chi connectivity index (χ3v) is 7.14. The van der Waals surface area contributed by atoms with Crippen LogP contribution >= 0.6 is 0 Å². The van der Waals surface area contributed by atoms with Crippen molar-refractivity contribution in [3.63, 3.8) is 0 Å². The van der Waals surface area contributed by atoms with E-state index in [1.54, 1.807) is 24.3 Å². The molecule has 29 heavy (non-hydrogen) atoms. The molecule has 0 spiro atoms. The zero-order valence-electron chi connectivity index (χ0n) is 16.5. The van der Waals surface area contributed by atoms with Gasteiger partial charge in [0.05, 0.1) is 17.1 Å². The molecular weight excluding hydrogens is 392 g/mol. The molecule has 0 N–H and O–H groups in total. The normalized spacial score (nSPS) is 23.3. The van der Waals surface area contributed by atoms with Crippen LogP contribution in [0, 0.1) is 11.3 Å². The topological polar surface area (TPSA) is 99.7 Å². The van der Waals surface area contributed by atoms with Gasteiger partial charge in [0, 0.05) is 31.7 Å². The molecule has 9 heteroatoms. The monoisotopic (exact) mass is 416 g/mol. The first-order valence-electron chi connectivity index (χ1n) is 9.80. The Bertz CT molecular complexity index is 1010. The van der Waals surface area contributed by atoms with Gasteiger partial charge in [0.1, 0.15) is 6.07 Å². The van der Waals surface area contributed by atoms with Crippen molar-refractivity contribution in [2.75, 3.05) is 31.1 Å². The third-order valence-electron chi connectivity index (χ3n) is 5.23. The lowest BCUT2D eigenvalue weighted by molar-refractivity contribution is -0.00638. The predicted octanol–water partition coefficient (Wildman–Crippen LogP) is 2.61. The summed E-state index contributed by atoms with van der Waals surface area (Å²) in [6.45, 7) is 6.31. The van der Waals surface area contributed by atoms with E-state index in [1.165, 1.54) is 4.31 Å². The summed E-state index contributed by atoms with van der Waals surface area (Å²) in [5, 5.41) is 9.50. The molecule has 2 aromatic rings. The highest BCUT2D eigenvalue weighted by atomic mass is 32.2. The number of benzene rings is 1. The van der Waals surface area contributed by atoms with Crippen molar-refractivity contribution >= 4 is 15.9 Å². The summed E-state index contributed by atoms with van der Waals surface area (Å²) in [4.78, 5) is 6.55. The van der Waals surface area contributed by atoms with Gasteiger partial charge in [-0.25, -0.2) is 8.42 Å². The fourth-order valence-corrected chi connectivity index (χ4v) is 5.43. The molecule has 2 aliphatic heterocycles. The van der Waals surface area contributed by atoms with Crippen LogP contribution in [0.1, 0.15) is 32.4 Å². The standard InChI is InChI=1S/C20H24N4O4S/c1-14-12-23(13-15(2)27-14)20-18(11-21)22-19(28-20)16-5-7-17(8-6-16)29(25,26)24-9-3-4-10-24/h5-8,14-15H,3-4,9-10,12-13H2,1-2H3/t14-,15+. The molecule has 2 aliphatic rings. The number of nitrogens with zero attached hydrogens (tertiary/aromatic N) is 4. The molecule has 0 aliphatic carbocycles. The molecule has 8 nitrogen and oxygen atoms in total. The van der Waals surface area contributed by atoms with Crippen LogP contribution in [0.5, 0.6) is 0 Å². The molecule has 3 heterocycles. The second-order valence-corrected chi connectivity index (χ2v) is 9.52. The molecule has 0 radical (unpaired) electrons. The van der Waals surface area contributed by atoms with Gasteiger partial charge in [0.2, 0.25) is 27.5 Å². The average molecular weight is 417 g/mol. The Kier molecular flexibility index (Phi) is 5.34. The minimum Gasteiger partial charge on any atom is -0.419 e. The molecule has 154 valence electrons. The van der Waals surface area contributed by atoms with Crippen molar-refractivity contribution in [1.29, 1.82) is 5.26 Å². The molecule has 2 saturated heterocycles. The zero-order chi connectivity index (χ0) is 20.6. The van der Waals surface area contributed by atoms with Crippen molar-refractivity contribution in [3.8, 4) is 17.5 Å². The minimum atomic E-state index is -3.47. The van der Waals surface area contributed by atoms with E-state index < -0.39 is 10.0 Å². The Morgan fingerprint density at radius 2 is 1.72 bits per heavy atom. The molecule has 0 unspecified atom stereocenters. The number of rotatable bonds is 4. The maximum atomic E-state index is 12.7. The van der Waals surface area contributed by atoms with Gasteiger partial charge in [-0.15, -0.1) is 0 Å². The van der Waals surface area contributed by atoms with Gasteiger partial charge >= 0.3 is 0 Å². The lowest BCUT2D eigenvalue weighted by atomic mass is 10.2. The second kappa shape index (κ2) is 7.78. The van der Waals surface area contributed by atoms with Crippen molar-refractivity contribution < 1.29 is 17.6 Å². The summed E-state index contributed by atoms with van der Waals surface area (Å²) in [7, 11) is -3.47. The van der Waals surface area contributed by atoms with E-state index in [9.17, 15) is 13.7 Å². The second-order valence-electron chi connectivity index (χ2n) is 7.58. The Balaban J connectivity index is 1.61. The van der Waals surface area contributed by atoms with Gasteiger partial charge < -0.3 is 14.1 Å². The minimum absolute atomic E-state index is 0.0221. The van der Waals surface area contributed by atoms with Crippen molar-refractivity contribution in [2.24, 2.45) is 0 Å². The first-order chi connectivity index (χ1) is 13.9. The maximum absolute atomic E-state index is 12.7. The quantitative estimate of drug-likeness (QED) is 0.755. The maximum Gasteiger partial charge on any atom is 0.243 e. The van der Waals surface area contributed by atoms with Crippen LogP contribution in [0.3, 0.4) is 0 Å². The van der Waals surface area contributed by atoms with Crippen LogP contribution < -0.4 is 4.90 Å². The van der Waals surface area contributed by atoms with Crippen LogP contribution in [0.25, 0.3) is 11.5 Å². The number of anilines is 1. The number of hydrogen-bond acceptors (Lipinski definition) is 7. The van der Waals surface area contributed by atoms with Gasteiger partial charge in [0.15, 0.2) is 0 Å². The van der Waals surface area contributed by atoms with E-state index in [0.29, 0.717) is 43.5 Å². The summed E-state index contributed by atoms with van der Waals surface area (Å²) in [5.74, 6) is 0.728. The summed E-state index contributed by atoms with van der Waals surface area (Å²) in [5.41, 5.74) is 0.845. The highest BCUT2D eigenvalue weighted by Crippen LogP contribution is 2.31. The lowest BCUT2D eigenvalue weighted by Crippen LogP contribution is -2.45. The fourth-order valence-electron chi connectivity index (χ4n) is 3.91. The number of oxazole rings is 1. The van der Waals surface area contributed by atoms with Crippen LogP contribution in [-0.2, 0) is 14.8 Å². The SMILES string of the molecule is C[C@@H]1CN(c2oc(-c3ccc(S(=O)(=O)N4CCCC4)cc3)nc2C#N)C[C@H](C)O1. The Morgan fingerprint density at radius 1 is 1.10 bits per heavy atom. The van der Waals surface area contributed by atoms with Crippen LogP contribution in [0.4, 0.5) is 5.88 Å². The van der Waals surface area contributed by atoms with Gasteiger partial charge in [-0.3, -0.25) is 0 Å². The van der Waals surface area contributed by atoms with Crippen LogP contribution in [-0.4, -0.2) is 56.1 Å². The predicted molar refractivity (Wildman–Crippen MR) is 107 cm³/mol. The molecular formula is C20H24N4O4S. The number of morpholine rings is 1. The van der Waals surface area contributed by atoms with Crippen molar-refractivity contribution in [2.45, 2.75) is 43.8 Å². The van der Waals surface area contributed by atoms with E-state index in [-0.39, 0.29) is 22.8 Å². The van der Waals surface area contributed by atoms with Gasteiger partial charge in [-0.2, -0.15) is 14.6 Å². The number of hydrogen-bond donors (Lipinski definition) is 0. The number of sulfonamides is 1. The van der Waals surface area contributed by atoms with E-state index in [0.717, 1.165) is 12.8 Å². The molecule has 2 fully saturated rings. The highest BCUT2D eigenvalue weighted by Gasteiger charge is 2.29. The molecule has 0 bridgehead atoms. The van der Waals surface area contributed by atoms with Gasteiger partial charge in [0.25, 0.3) is 0 Å². The van der Waals surface area contributed by atoms with Crippen molar-refractivity contribution in [1.82, 2.24) is 9.29 Å².